The fourth-order valence-electron chi connectivity index (χ4n) is 2.75. The lowest BCUT2D eigenvalue weighted by atomic mass is 10.1. The van der Waals surface area contributed by atoms with E-state index < -0.39 is 10.0 Å². The van der Waals surface area contributed by atoms with Crippen LogP contribution in [0.2, 0.25) is 0 Å². The number of rotatable bonds is 7. The Kier molecular flexibility index (Phi) is 5.64. The molecular weight excluding hydrogens is 386 g/mol. The fourth-order valence-corrected chi connectivity index (χ4v) is 5.08. The number of thiophene rings is 1. The first-order valence-electron chi connectivity index (χ1n) is 8.39. The van der Waals surface area contributed by atoms with Gasteiger partial charge < -0.3 is 9.26 Å². The SMILES string of the molecule is CCN(Cc1nc(-c2cccs2)no1)S(=O)(=O)c1ccc(OC)c(C)c1C. The van der Waals surface area contributed by atoms with Crippen LogP contribution >= 0.6 is 11.3 Å². The normalized spacial score (nSPS) is 11.9. The third-order valence-corrected chi connectivity index (χ3v) is 7.33. The molecule has 0 bridgehead atoms. The Morgan fingerprint density at radius 1 is 1.22 bits per heavy atom. The maximum atomic E-state index is 13.2. The van der Waals surface area contributed by atoms with Crippen LogP contribution in [0.25, 0.3) is 10.7 Å². The Bertz CT molecular complexity index is 1030. The summed E-state index contributed by atoms with van der Waals surface area (Å²) in [7, 11) is -2.15. The number of nitrogens with zero attached hydrogens (tertiary/aromatic N) is 3. The molecule has 7 nitrogen and oxygen atoms in total. The summed E-state index contributed by atoms with van der Waals surface area (Å²) >= 11 is 1.49. The smallest absolute Gasteiger partial charge is 0.243 e. The molecule has 2 aromatic heterocycles. The van der Waals surface area contributed by atoms with Gasteiger partial charge in [-0.05, 0) is 48.6 Å². The van der Waals surface area contributed by atoms with E-state index in [-0.39, 0.29) is 23.9 Å². The second kappa shape index (κ2) is 7.79. The van der Waals surface area contributed by atoms with Crippen LogP contribution < -0.4 is 4.74 Å². The minimum atomic E-state index is -3.72. The molecule has 0 radical (unpaired) electrons. The van der Waals surface area contributed by atoms with E-state index in [0.717, 1.165) is 10.4 Å². The minimum absolute atomic E-state index is 0.0156. The summed E-state index contributed by atoms with van der Waals surface area (Å²) in [5.74, 6) is 1.38. The van der Waals surface area contributed by atoms with Crippen LogP contribution in [0, 0.1) is 13.8 Å². The summed E-state index contributed by atoms with van der Waals surface area (Å²) < 4.78 is 38.2. The predicted molar refractivity (Wildman–Crippen MR) is 103 cm³/mol. The zero-order valence-electron chi connectivity index (χ0n) is 15.6. The van der Waals surface area contributed by atoms with Crippen molar-refractivity contribution in [1.29, 1.82) is 0 Å². The maximum Gasteiger partial charge on any atom is 0.243 e. The largest absolute Gasteiger partial charge is 0.496 e. The lowest BCUT2D eigenvalue weighted by molar-refractivity contribution is 0.321. The zero-order chi connectivity index (χ0) is 19.6. The molecule has 3 aromatic rings. The standard InChI is InChI=1S/C18H21N3O4S2/c1-5-21(11-17-19-18(20-25-17)15-7-6-10-26-15)27(22,23)16-9-8-14(24-4)12(2)13(16)3/h6-10H,5,11H2,1-4H3. The van der Waals surface area contributed by atoms with E-state index in [1.807, 2.05) is 24.4 Å². The van der Waals surface area contributed by atoms with E-state index in [1.165, 1.54) is 15.6 Å². The van der Waals surface area contributed by atoms with Crippen LogP contribution in [0.3, 0.4) is 0 Å². The third kappa shape index (κ3) is 3.76. The summed E-state index contributed by atoms with van der Waals surface area (Å²) in [4.78, 5) is 5.44. The van der Waals surface area contributed by atoms with Gasteiger partial charge >= 0.3 is 0 Å². The monoisotopic (exact) mass is 407 g/mol. The Labute approximate surface area is 162 Å². The Morgan fingerprint density at radius 3 is 2.63 bits per heavy atom. The Balaban J connectivity index is 1.90. The molecule has 144 valence electrons. The van der Waals surface area contributed by atoms with Crippen molar-refractivity contribution in [3.05, 3.63) is 46.7 Å². The van der Waals surface area contributed by atoms with Crippen LogP contribution in [-0.4, -0.2) is 36.5 Å². The van der Waals surface area contributed by atoms with Gasteiger partial charge in [0.05, 0.1) is 23.4 Å². The number of aromatic nitrogens is 2. The molecule has 27 heavy (non-hydrogen) atoms. The van der Waals surface area contributed by atoms with E-state index in [4.69, 9.17) is 9.26 Å². The van der Waals surface area contributed by atoms with E-state index in [2.05, 4.69) is 10.1 Å². The highest BCUT2D eigenvalue weighted by Crippen LogP contribution is 2.29. The number of ether oxygens (including phenoxy) is 1. The molecule has 3 rings (SSSR count). The van der Waals surface area contributed by atoms with Crippen molar-refractivity contribution in [2.24, 2.45) is 0 Å². The van der Waals surface area contributed by atoms with Gasteiger partial charge in [-0.1, -0.05) is 18.1 Å². The summed E-state index contributed by atoms with van der Waals surface area (Å²) in [6.07, 6.45) is 0. The van der Waals surface area contributed by atoms with Crippen molar-refractivity contribution in [3.8, 4) is 16.5 Å². The van der Waals surface area contributed by atoms with Crippen molar-refractivity contribution in [2.75, 3.05) is 13.7 Å². The molecule has 0 aliphatic rings. The highest BCUT2D eigenvalue weighted by atomic mass is 32.2. The molecule has 2 heterocycles. The van der Waals surface area contributed by atoms with E-state index >= 15 is 0 Å². The van der Waals surface area contributed by atoms with Crippen LogP contribution in [0.15, 0.2) is 39.1 Å². The molecule has 0 saturated heterocycles. The van der Waals surface area contributed by atoms with E-state index in [9.17, 15) is 8.42 Å². The molecule has 0 aliphatic carbocycles. The van der Waals surface area contributed by atoms with Gasteiger partial charge in [0.1, 0.15) is 5.75 Å². The summed E-state index contributed by atoms with van der Waals surface area (Å²) in [6, 6.07) is 7.03. The van der Waals surface area contributed by atoms with Gasteiger partial charge in [0.15, 0.2) is 0 Å². The van der Waals surface area contributed by atoms with Crippen LogP contribution in [-0.2, 0) is 16.6 Å². The van der Waals surface area contributed by atoms with Crippen LogP contribution in [0.4, 0.5) is 0 Å². The highest BCUT2D eigenvalue weighted by Gasteiger charge is 2.28. The minimum Gasteiger partial charge on any atom is -0.496 e. The highest BCUT2D eigenvalue weighted by molar-refractivity contribution is 7.89. The predicted octanol–water partition coefficient (Wildman–Crippen LogP) is 3.63. The van der Waals surface area contributed by atoms with Gasteiger partial charge in [0.2, 0.25) is 21.7 Å². The van der Waals surface area contributed by atoms with E-state index in [1.54, 1.807) is 33.1 Å². The number of sulfonamides is 1. The quantitative estimate of drug-likeness (QED) is 0.594. The number of methoxy groups -OCH3 is 1. The third-order valence-electron chi connectivity index (χ3n) is 4.40. The average molecular weight is 408 g/mol. The molecule has 1 aromatic carbocycles. The van der Waals surface area contributed by atoms with Gasteiger partial charge in [-0.25, -0.2) is 8.42 Å². The molecule has 0 spiro atoms. The second-order valence-corrected chi connectivity index (χ2v) is 8.79. The van der Waals surface area contributed by atoms with Crippen LogP contribution in [0.5, 0.6) is 5.75 Å². The van der Waals surface area contributed by atoms with Crippen molar-refractivity contribution in [3.63, 3.8) is 0 Å². The maximum absolute atomic E-state index is 13.2. The Morgan fingerprint density at radius 2 is 2.00 bits per heavy atom. The molecule has 9 heteroatoms. The molecular formula is C18H21N3O4S2. The second-order valence-electron chi connectivity index (χ2n) is 5.94. The van der Waals surface area contributed by atoms with Gasteiger partial charge in [0, 0.05) is 6.54 Å². The van der Waals surface area contributed by atoms with Crippen molar-refractivity contribution < 1.29 is 17.7 Å². The first-order chi connectivity index (χ1) is 12.9. The molecule has 0 fully saturated rings. The summed E-state index contributed by atoms with van der Waals surface area (Å²) in [5.41, 5.74) is 1.46. The molecule has 0 atom stereocenters. The van der Waals surface area contributed by atoms with E-state index in [0.29, 0.717) is 17.1 Å². The first-order valence-corrected chi connectivity index (χ1v) is 10.7. The van der Waals surface area contributed by atoms with Gasteiger partial charge in [0.25, 0.3) is 0 Å². The fraction of sp³-hybridized carbons (Fsp3) is 0.333. The lowest BCUT2D eigenvalue weighted by Gasteiger charge is -2.21. The van der Waals surface area contributed by atoms with Crippen molar-refractivity contribution in [1.82, 2.24) is 14.4 Å². The van der Waals surface area contributed by atoms with Gasteiger partial charge in [-0.2, -0.15) is 9.29 Å². The number of hydrogen-bond acceptors (Lipinski definition) is 7. The van der Waals surface area contributed by atoms with Gasteiger partial charge in [-0.3, -0.25) is 0 Å². The summed E-state index contributed by atoms with van der Waals surface area (Å²) in [5, 5.41) is 5.86. The number of hydrogen-bond donors (Lipinski definition) is 0. The summed E-state index contributed by atoms with van der Waals surface area (Å²) in [6.45, 7) is 5.69. The topological polar surface area (TPSA) is 85.5 Å². The molecule has 0 unspecified atom stereocenters. The van der Waals surface area contributed by atoms with Gasteiger partial charge in [-0.15, -0.1) is 11.3 Å². The number of benzene rings is 1. The molecule has 0 amide bonds. The first kappa shape index (κ1) is 19.5. The lowest BCUT2D eigenvalue weighted by Crippen LogP contribution is -2.31. The van der Waals surface area contributed by atoms with Crippen LogP contribution in [0.1, 0.15) is 23.9 Å². The van der Waals surface area contributed by atoms with Crippen molar-refractivity contribution >= 4 is 21.4 Å². The zero-order valence-corrected chi connectivity index (χ0v) is 17.2. The molecule has 0 saturated carbocycles. The average Bonchev–Trinajstić information content (AvgIpc) is 3.33. The molecule has 0 N–H and O–H groups in total. The van der Waals surface area contributed by atoms with Crippen molar-refractivity contribution in [2.45, 2.75) is 32.2 Å². The molecule has 0 aliphatic heterocycles. The Hall–Kier alpha value is -2.23.